The zero-order valence-electron chi connectivity index (χ0n) is 11.1. The minimum Gasteiger partial charge on any atom is -0.389 e. The molecule has 5 heteroatoms. The van der Waals surface area contributed by atoms with E-state index in [1.807, 2.05) is 30.0 Å². The van der Waals surface area contributed by atoms with Gasteiger partial charge in [0, 0.05) is 24.3 Å². The third-order valence-electron chi connectivity index (χ3n) is 3.41. The molecule has 1 saturated heterocycles. The topological polar surface area (TPSA) is 58.4 Å². The third-order valence-corrected chi connectivity index (χ3v) is 3.63. The van der Waals surface area contributed by atoms with E-state index in [0.29, 0.717) is 11.5 Å². The van der Waals surface area contributed by atoms with Crippen LogP contribution < -0.4 is 11.1 Å². The first-order valence-electron chi connectivity index (χ1n) is 6.50. The van der Waals surface area contributed by atoms with Crippen molar-refractivity contribution in [2.75, 3.05) is 25.0 Å². The van der Waals surface area contributed by atoms with Crippen LogP contribution in [0.3, 0.4) is 0 Å². The molecule has 0 atom stereocenters. The number of thiocarbonyl (C=S) groups is 1. The largest absolute Gasteiger partial charge is 0.389 e. The van der Waals surface area contributed by atoms with Gasteiger partial charge in [0.1, 0.15) is 4.99 Å². The van der Waals surface area contributed by atoms with E-state index in [-0.39, 0.29) is 5.91 Å². The standard InChI is InChI=1S/C14H19N3OS/c1-10-5-4-6-11(14(15)19)13(10)16-9-12(18)17-7-2-3-8-17/h4-6,16H,2-3,7-9H2,1H3,(H2,15,19). The molecule has 1 amide bonds. The molecule has 3 N–H and O–H groups in total. The van der Waals surface area contributed by atoms with E-state index in [0.717, 1.165) is 42.7 Å². The van der Waals surface area contributed by atoms with E-state index in [1.54, 1.807) is 0 Å². The number of para-hydroxylation sites is 1. The molecule has 1 aliphatic rings. The van der Waals surface area contributed by atoms with Crippen LogP contribution in [0, 0.1) is 6.92 Å². The number of likely N-dealkylation sites (tertiary alicyclic amines) is 1. The fourth-order valence-electron chi connectivity index (χ4n) is 2.35. The Hall–Kier alpha value is -1.62. The molecule has 1 fully saturated rings. The summed E-state index contributed by atoms with van der Waals surface area (Å²) >= 11 is 5.04. The van der Waals surface area contributed by atoms with Gasteiger partial charge >= 0.3 is 0 Å². The molecule has 1 aromatic carbocycles. The number of rotatable bonds is 4. The molecular formula is C14H19N3OS. The van der Waals surface area contributed by atoms with Gasteiger partial charge in [-0.3, -0.25) is 4.79 Å². The summed E-state index contributed by atoms with van der Waals surface area (Å²) in [6, 6.07) is 5.76. The van der Waals surface area contributed by atoms with E-state index >= 15 is 0 Å². The fraction of sp³-hybridized carbons (Fsp3) is 0.429. The Balaban J connectivity index is 2.06. The highest BCUT2D eigenvalue weighted by molar-refractivity contribution is 7.80. The fourth-order valence-corrected chi connectivity index (χ4v) is 2.52. The lowest BCUT2D eigenvalue weighted by molar-refractivity contribution is -0.128. The van der Waals surface area contributed by atoms with Gasteiger partial charge in [-0.2, -0.15) is 0 Å². The van der Waals surface area contributed by atoms with Crippen LogP contribution >= 0.6 is 12.2 Å². The molecule has 1 aromatic rings. The zero-order valence-corrected chi connectivity index (χ0v) is 11.9. The van der Waals surface area contributed by atoms with Gasteiger partial charge in [-0.05, 0) is 31.4 Å². The number of anilines is 1. The molecule has 2 rings (SSSR count). The molecule has 0 unspecified atom stereocenters. The number of amides is 1. The van der Waals surface area contributed by atoms with Crippen LogP contribution in [-0.2, 0) is 4.79 Å². The number of nitrogens with one attached hydrogen (secondary N) is 1. The average Bonchev–Trinajstić information content (AvgIpc) is 2.90. The summed E-state index contributed by atoms with van der Waals surface area (Å²) in [4.78, 5) is 14.3. The molecule has 1 aliphatic heterocycles. The number of hydrogen-bond donors (Lipinski definition) is 2. The number of hydrogen-bond acceptors (Lipinski definition) is 3. The summed E-state index contributed by atoms with van der Waals surface area (Å²) in [5, 5.41) is 3.18. The maximum Gasteiger partial charge on any atom is 0.241 e. The van der Waals surface area contributed by atoms with E-state index in [9.17, 15) is 4.79 Å². The third kappa shape index (κ3) is 3.23. The Morgan fingerprint density at radius 3 is 2.74 bits per heavy atom. The van der Waals surface area contributed by atoms with Crippen molar-refractivity contribution in [3.63, 3.8) is 0 Å². The van der Waals surface area contributed by atoms with Crippen LogP contribution in [0.15, 0.2) is 18.2 Å². The van der Waals surface area contributed by atoms with Gasteiger partial charge in [0.05, 0.1) is 6.54 Å². The van der Waals surface area contributed by atoms with Crippen molar-refractivity contribution >= 4 is 28.8 Å². The quantitative estimate of drug-likeness (QED) is 0.822. The Morgan fingerprint density at radius 1 is 1.42 bits per heavy atom. The summed E-state index contributed by atoms with van der Waals surface area (Å²) in [5.41, 5.74) is 8.41. The maximum atomic E-state index is 12.0. The van der Waals surface area contributed by atoms with Crippen LogP contribution in [-0.4, -0.2) is 35.4 Å². The van der Waals surface area contributed by atoms with Crippen molar-refractivity contribution in [1.29, 1.82) is 0 Å². The average molecular weight is 277 g/mol. The second-order valence-electron chi connectivity index (χ2n) is 4.80. The van der Waals surface area contributed by atoms with E-state index in [4.69, 9.17) is 18.0 Å². The molecule has 4 nitrogen and oxygen atoms in total. The van der Waals surface area contributed by atoms with Crippen LogP contribution in [0.2, 0.25) is 0 Å². The van der Waals surface area contributed by atoms with Gasteiger partial charge in [-0.25, -0.2) is 0 Å². The summed E-state index contributed by atoms with van der Waals surface area (Å²) in [6.07, 6.45) is 2.21. The Kier molecular flexibility index (Phi) is 4.37. The predicted octanol–water partition coefficient (Wildman–Crippen LogP) is 1.66. The van der Waals surface area contributed by atoms with E-state index < -0.39 is 0 Å². The van der Waals surface area contributed by atoms with E-state index in [1.165, 1.54) is 0 Å². The maximum absolute atomic E-state index is 12.0. The molecule has 19 heavy (non-hydrogen) atoms. The van der Waals surface area contributed by atoms with Crippen LogP contribution in [0.4, 0.5) is 5.69 Å². The van der Waals surface area contributed by atoms with Crippen molar-refractivity contribution < 1.29 is 4.79 Å². The first-order chi connectivity index (χ1) is 9.09. The van der Waals surface area contributed by atoms with Crippen molar-refractivity contribution in [1.82, 2.24) is 4.90 Å². The lowest BCUT2D eigenvalue weighted by Gasteiger charge is -2.18. The lowest BCUT2D eigenvalue weighted by Crippen LogP contribution is -2.33. The number of aryl methyl sites for hydroxylation is 1. The number of nitrogens with zero attached hydrogens (tertiary/aromatic N) is 1. The zero-order chi connectivity index (χ0) is 13.8. The SMILES string of the molecule is Cc1cccc(C(N)=S)c1NCC(=O)N1CCCC1. The van der Waals surface area contributed by atoms with Gasteiger partial charge in [0.15, 0.2) is 0 Å². The lowest BCUT2D eigenvalue weighted by atomic mass is 10.1. The molecule has 1 heterocycles. The Bertz CT molecular complexity index is 495. The van der Waals surface area contributed by atoms with Crippen molar-refractivity contribution in [2.24, 2.45) is 5.73 Å². The van der Waals surface area contributed by atoms with Gasteiger partial charge < -0.3 is 16.0 Å². The number of nitrogens with two attached hydrogens (primary N) is 1. The highest BCUT2D eigenvalue weighted by Gasteiger charge is 2.18. The molecule has 0 spiro atoms. The second kappa shape index (κ2) is 6.02. The monoisotopic (exact) mass is 277 g/mol. The van der Waals surface area contributed by atoms with Crippen LogP contribution in [0.1, 0.15) is 24.0 Å². The highest BCUT2D eigenvalue weighted by Crippen LogP contribution is 2.20. The first kappa shape index (κ1) is 13.8. The van der Waals surface area contributed by atoms with Gasteiger partial charge in [-0.15, -0.1) is 0 Å². The molecule has 102 valence electrons. The van der Waals surface area contributed by atoms with E-state index in [2.05, 4.69) is 5.32 Å². The van der Waals surface area contributed by atoms with Crippen molar-refractivity contribution in [2.45, 2.75) is 19.8 Å². The minimum atomic E-state index is 0.134. The predicted molar refractivity (Wildman–Crippen MR) is 81.4 cm³/mol. The smallest absolute Gasteiger partial charge is 0.241 e. The molecule has 0 radical (unpaired) electrons. The van der Waals surface area contributed by atoms with Crippen molar-refractivity contribution in [3.8, 4) is 0 Å². The normalized spacial score (nSPS) is 14.5. The number of carbonyl (C=O) groups excluding carboxylic acids is 1. The molecule has 0 aliphatic carbocycles. The Morgan fingerprint density at radius 2 is 2.11 bits per heavy atom. The van der Waals surface area contributed by atoms with Crippen molar-refractivity contribution in [3.05, 3.63) is 29.3 Å². The van der Waals surface area contributed by atoms with Gasteiger partial charge in [0.2, 0.25) is 5.91 Å². The molecule has 0 aromatic heterocycles. The molecular weight excluding hydrogens is 258 g/mol. The summed E-state index contributed by atoms with van der Waals surface area (Å²) in [7, 11) is 0. The van der Waals surface area contributed by atoms with Crippen LogP contribution in [0.5, 0.6) is 0 Å². The van der Waals surface area contributed by atoms with Crippen LogP contribution in [0.25, 0.3) is 0 Å². The number of carbonyl (C=O) groups is 1. The second-order valence-corrected chi connectivity index (χ2v) is 5.24. The summed E-state index contributed by atoms with van der Waals surface area (Å²) in [6.45, 7) is 4.01. The molecule has 0 saturated carbocycles. The minimum absolute atomic E-state index is 0.134. The van der Waals surface area contributed by atoms with Gasteiger partial charge in [-0.1, -0.05) is 24.4 Å². The van der Waals surface area contributed by atoms with Gasteiger partial charge in [0.25, 0.3) is 0 Å². The Labute approximate surface area is 119 Å². The number of benzene rings is 1. The summed E-state index contributed by atoms with van der Waals surface area (Å²) < 4.78 is 0. The summed E-state index contributed by atoms with van der Waals surface area (Å²) in [5.74, 6) is 0.134. The first-order valence-corrected chi connectivity index (χ1v) is 6.91. The highest BCUT2D eigenvalue weighted by atomic mass is 32.1. The molecule has 0 bridgehead atoms.